The SMILES string of the molecule is COc1ncnc(NCCc2ccccn2)c1N. The Kier molecular flexibility index (Phi) is 3.90. The lowest BCUT2D eigenvalue weighted by Gasteiger charge is -2.09. The number of nitrogen functional groups attached to an aromatic ring is 1. The van der Waals surface area contributed by atoms with Crippen LogP contribution in [-0.2, 0) is 6.42 Å². The quantitative estimate of drug-likeness (QED) is 0.820. The van der Waals surface area contributed by atoms with Crippen LogP contribution in [0, 0.1) is 0 Å². The van der Waals surface area contributed by atoms with Crippen molar-refractivity contribution in [3.05, 3.63) is 36.4 Å². The molecule has 0 aliphatic carbocycles. The minimum atomic E-state index is 0.380. The summed E-state index contributed by atoms with van der Waals surface area (Å²) < 4.78 is 5.02. The van der Waals surface area contributed by atoms with Gasteiger partial charge in [-0.3, -0.25) is 4.98 Å². The van der Waals surface area contributed by atoms with Gasteiger partial charge in [0.1, 0.15) is 12.0 Å². The number of pyridine rings is 1. The van der Waals surface area contributed by atoms with E-state index in [1.165, 1.54) is 13.4 Å². The highest BCUT2D eigenvalue weighted by Crippen LogP contribution is 2.23. The monoisotopic (exact) mass is 245 g/mol. The average Bonchev–Trinajstić information content (AvgIpc) is 2.42. The topological polar surface area (TPSA) is 86.0 Å². The van der Waals surface area contributed by atoms with Gasteiger partial charge in [-0.1, -0.05) is 6.07 Å². The second-order valence-corrected chi connectivity index (χ2v) is 3.64. The molecule has 18 heavy (non-hydrogen) atoms. The standard InChI is InChI=1S/C12H15N5O/c1-18-12-10(13)11(16-8-17-12)15-7-5-9-4-2-3-6-14-9/h2-4,6,8H,5,7,13H2,1H3,(H,15,16,17). The van der Waals surface area contributed by atoms with Gasteiger partial charge in [0.2, 0.25) is 5.88 Å². The molecular formula is C12H15N5O. The summed E-state index contributed by atoms with van der Waals surface area (Å²) in [5, 5.41) is 3.14. The van der Waals surface area contributed by atoms with Crippen LogP contribution in [0.2, 0.25) is 0 Å². The van der Waals surface area contributed by atoms with E-state index in [9.17, 15) is 0 Å². The first-order valence-electron chi connectivity index (χ1n) is 5.59. The Bertz CT molecular complexity index is 503. The summed E-state index contributed by atoms with van der Waals surface area (Å²) in [6, 6.07) is 5.83. The lowest BCUT2D eigenvalue weighted by Crippen LogP contribution is -2.10. The van der Waals surface area contributed by atoms with Crippen molar-refractivity contribution in [2.75, 3.05) is 24.7 Å². The van der Waals surface area contributed by atoms with E-state index >= 15 is 0 Å². The van der Waals surface area contributed by atoms with Crippen LogP contribution in [0.4, 0.5) is 11.5 Å². The Morgan fingerprint density at radius 1 is 1.28 bits per heavy atom. The Morgan fingerprint density at radius 2 is 2.17 bits per heavy atom. The molecule has 2 aromatic heterocycles. The maximum absolute atomic E-state index is 5.85. The number of rotatable bonds is 5. The third-order valence-corrected chi connectivity index (χ3v) is 2.44. The molecule has 0 bridgehead atoms. The molecule has 0 aromatic carbocycles. The summed E-state index contributed by atoms with van der Waals surface area (Å²) in [6.07, 6.45) is 3.99. The molecule has 2 aromatic rings. The van der Waals surface area contributed by atoms with Gasteiger partial charge in [0, 0.05) is 24.9 Å². The van der Waals surface area contributed by atoms with Gasteiger partial charge >= 0.3 is 0 Å². The van der Waals surface area contributed by atoms with Gasteiger partial charge in [-0.2, -0.15) is 4.98 Å². The van der Waals surface area contributed by atoms with Gasteiger partial charge in [-0.05, 0) is 12.1 Å². The van der Waals surface area contributed by atoms with Crippen molar-refractivity contribution in [2.24, 2.45) is 0 Å². The molecule has 6 heteroatoms. The molecule has 94 valence electrons. The van der Waals surface area contributed by atoms with E-state index in [2.05, 4.69) is 20.3 Å². The van der Waals surface area contributed by atoms with E-state index in [1.807, 2.05) is 18.2 Å². The van der Waals surface area contributed by atoms with Gasteiger partial charge in [0.25, 0.3) is 0 Å². The third kappa shape index (κ3) is 2.85. The Hall–Kier alpha value is -2.37. The summed E-state index contributed by atoms with van der Waals surface area (Å²) in [4.78, 5) is 12.2. The first-order valence-corrected chi connectivity index (χ1v) is 5.59. The summed E-state index contributed by atoms with van der Waals surface area (Å²) in [7, 11) is 1.52. The lowest BCUT2D eigenvalue weighted by atomic mass is 10.3. The zero-order valence-electron chi connectivity index (χ0n) is 10.1. The fourth-order valence-corrected chi connectivity index (χ4v) is 1.54. The predicted octanol–water partition coefficient (Wildman–Crippen LogP) is 1.12. The van der Waals surface area contributed by atoms with Crippen LogP contribution >= 0.6 is 0 Å². The molecule has 0 atom stereocenters. The van der Waals surface area contributed by atoms with Crippen LogP contribution in [0.15, 0.2) is 30.7 Å². The molecule has 0 saturated carbocycles. The predicted molar refractivity (Wildman–Crippen MR) is 69.4 cm³/mol. The summed E-state index contributed by atoms with van der Waals surface area (Å²) in [5.41, 5.74) is 7.28. The third-order valence-electron chi connectivity index (χ3n) is 2.44. The van der Waals surface area contributed by atoms with Crippen molar-refractivity contribution in [3.63, 3.8) is 0 Å². The van der Waals surface area contributed by atoms with E-state index in [0.29, 0.717) is 23.9 Å². The average molecular weight is 245 g/mol. The summed E-state index contributed by atoms with van der Waals surface area (Å²) in [6.45, 7) is 0.696. The van der Waals surface area contributed by atoms with Crippen molar-refractivity contribution < 1.29 is 4.74 Å². The van der Waals surface area contributed by atoms with Crippen LogP contribution < -0.4 is 15.8 Å². The van der Waals surface area contributed by atoms with E-state index in [1.54, 1.807) is 6.20 Å². The lowest BCUT2D eigenvalue weighted by molar-refractivity contribution is 0.399. The second-order valence-electron chi connectivity index (χ2n) is 3.64. The molecule has 0 aliphatic heterocycles. The number of hydrogen-bond donors (Lipinski definition) is 2. The van der Waals surface area contributed by atoms with E-state index in [0.717, 1.165) is 12.1 Å². The minimum absolute atomic E-state index is 0.380. The van der Waals surface area contributed by atoms with Gasteiger partial charge in [-0.15, -0.1) is 0 Å². The Morgan fingerprint density at radius 3 is 2.89 bits per heavy atom. The molecule has 3 N–H and O–H groups in total. The molecule has 0 saturated heterocycles. The smallest absolute Gasteiger partial charge is 0.242 e. The van der Waals surface area contributed by atoms with Crippen molar-refractivity contribution >= 4 is 11.5 Å². The van der Waals surface area contributed by atoms with E-state index < -0.39 is 0 Å². The maximum atomic E-state index is 5.85. The second kappa shape index (κ2) is 5.81. The molecule has 2 rings (SSSR count). The first-order chi connectivity index (χ1) is 8.81. The maximum Gasteiger partial charge on any atom is 0.242 e. The molecule has 0 fully saturated rings. The minimum Gasteiger partial charge on any atom is -0.479 e. The van der Waals surface area contributed by atoms with Crippen LogP contribution in [0.1, 0.15) is 5.69 Å². The number of anilines is 2. The number of ether oxygens (including phenoxy) is 1. The highest BCUT2D eigenvalue weighted by Gasteiger charge is 2.07. The fraction of sp³-hybridized carbons (Fsp3) is 0.250. The fourth-order valence-electron chi connectivity index (χ4n) is 1.54. The molecule has 0 radical (unpaired) electrons. The van der Waals surface area contributed by atoms with Crippen LogP contribution in [0.3, 0.4) is 0 Å². The normalized spacial score (nSPS) is 10.1. The van der Waals surface area contributed by atoms with Gasteiger partial charge < -0.3 is 15.8 Å². The summed E-state index contributed by atoms with van der Waals surface area (Å²) in [5.74, 6) is 0.961. The molecular weight excluding hydrogens is 230 g/mol. The number of nitrogens with one attached hydrogen (secondary N) is 1. The highest BCUT2D eigenvalue weighted by atomic mass is 16.5. The first kappa shape index (κ1) is 12.1. The van der Waals surface area contributed by atoms with Crippen molar-refractivity contribution in [1.29, 1.82) is 0 Å². The largest absolute Gasteiger partial charge is 0.479 e. The van der Waals surface area contributed by atoms with Gasteiger partial charge in [-0.25, -0.2) is 4.98 Å². The summed E-state index contributed by atoms with van der Waals surface area (Å²) >= 11 is 0. The van der Waals surface area contributed by atoms with Crippen molar-refractivity contribution in [2.45, 2.75) is 6.42 Å². The number of aromatic nitrogens is 3. The number of methoxy groups -OCH3 is 1. The molecule has 0 amide bonds. The van der Waals surface area contributed by atoms with Crippen LogP contribution in [-0.4, -0.2) is 28.6 Å². The van der Waals surface area contributed by atoms with Crippen molar-refractivity contribution in [3.8, 4) is 5.88 Å². The van der Waals surface area contributed by atoms with Crippen molar-refractivity contribution in [1.82, 2.24) is 15.0 Å². The Balaban J connectivity index is 1.95. The molecule has 0 spiro atoms. The zero-order chi connectivity index (χ0) is 12.8. The number of nitrogens with zero attached hydrogens (tertiary/aromatic N) is 3. The number of hydrogen-bond acceptors (Lipinski definition) is 6. The van der Waals surface area contributed by atoms with Gasteiger partial charge in [0.05, 0.1) is 7.11 Å². The number of nitrogens with two attached hydrogens (primary N) is 1. The molecule has 0 unspecified atom stereocenters. The molecule has 2 heterocycles. The van der Waals surface area contributed by atoms with E-state index in [4.69, 9.17) is 10.5 Å². The van der Waals surface area contributed by atoms with E-state index in [-0.39, 0.29) is 0 Å². The highest BCUT2D eigenvalue weighted by molar-refractivity contribution is 5.66. The molecule has 6 nitrogen and oxygen atoms in total. The Labute approximate surface area is 105 Å². The molecule has 0 aliphatic rings. The van der Waals surface area contributed by atoms with Crippen LogP contribution in [0.25, 0.3) is 0 Å². The zero-order valence-corrected chi connectivity index (χ0v) is 10.1. The van der Waals surface area contributed by atoms with Gasteiger partial charge in [0.15, 0.2) is 5.82 Å². The van der Waals surface area contributed by atoms with Crippen LogP contribution in [0.5, 0.6) is 5.88 Å².